The number of nitro benzene ring substituents is 1. The fourth-order valence-corrected chi connectivity index (χ4v) is 4.01. The zero-order valence-electron chi connectivity index (χ0n) is 18.0. The van der Waals surface area contributed by atoms with Gasteiger partial charge in [-0.15, -0.1) is 0 Å². The molecule has 0 unspecified atom stereocenters. The number of carbonyl (C=O) groups excluding carboxylic acids is 1. The fourth-order valence-electron chi connectivity index (χ4n) is 3.20. The molecule has 0 fully saturated rings. The molecule has 34 heavy (non-hydrogen) atoms. The lowest BCUT2D eigenvalue weighted by molar-refractivity contribution is -0.384. The molecule has 1 aromatic heterocycles. The minimum absolute atomic E-state index is 0.0196. The van der Waals surface area contributed by atoms with E-state index in [0.717, 1.165) is 17.3 Å². The molecule has 10 heteroatoms. The van der Waals surface area contributed by atoms with Crippen LogP contribution < -0.4 is 11.0 Å². The first-order valence-corrected chi connectivity index (χ1v) is 11.2. The normalized spacial score (nSPS) is 11.1. The van der Waals surface area contributed by atoms with Crippen LogP contribution in [0.15, 0.2) is 87.8 Å². The Balaban J connectivity index is 1.52. The lowest BCUT2D eigenvalue weighted by Gasteiger charge is -2.13. The molecule has 170 valence electrons. The lowest BCUT2D eigenvalue weighted by Crippen LogP contribution is -2.24. The average molecular weight is 474 g/mol. The van der Waals surface area contributed by atoms with Gasteiger partial charge in [-0.2, -0.15) is 5.10 Å². The van der Waals surface area contributed by atoms with E-state index in [1.165, 1.54) is 35.0 Å². The third kappa shape index (κ3) is 5.18. The molecule has 9 nitrogen and oxygen atoms in total. The number of aromatic nitrogens is 2. The molecule has 4 aromatic rings. The van der Waals surface area contributed by atoms with Crippen LogP contribution in [0.4, 0.5) is 5.69 Å². The Kier molecular flexibility index (Phi) is 6.79. The minimum atomic E-state index is -0.489. The number of hydrogen-bond donors (Lipinski definition) is 1. The first kappa shape index (κ1) is 22.9. The van der Waals surface area contributed by atoms with E-state index in [4.69, 9.17) is 0 Å². The highest BCUT2D eigenvalue weighted by Gasteiger charge is 2.15. The summed E-state index contributed by atoms with van der Waals surface area (Å²) in [5, 5.41) is 15.5. The van der Waals surface area contributed by atoms with Crippen LogP contribution >= 0.6 is 11.8 Å². The molecular weight excluding hydrogens is 454 g/mol. The molecule has 0 aliphatic rings. The van der Waals surface area contributed by atoms with E-state index in [-0.39, 0.29) is 22.9 Å². The molecular formula is C24H19N5O4S. The van der Waals surface area contributed by atoms with Crippen molar-refractivity contribution in [2.24, 2.45) is 5.10 Å². The smallest absolute Gasteiger partial charge is 0.269 e. The second-order valence-corrected chi connectivity index (χ2v) is 8.26. The Morgan fingerprint density at radius 3 is 2.59 bits per heavy atom. The van der Waals surface area contributed by atoms with Gasteiger partial charge >= 0.3 is 0 Å². The summed E-state index contributed by atoms with van der Waals surface area (Å²) in [5.41, 5.74) is 4.95. The standard InChI is InChI=1S/C24H19N5O4S/c1-16-7-12-21-20(13-16)23(31)28(18-5-3-2-4-6-18)24(26-21)34-15-22(30)27-25-14-17-8-10-19(11-9-17)29(32)33/h2-14H,15H2,1H3,(H,27,30)/b25-14+. The van der Waals surface area contributed by atoms with Crippen molar-refractivity contribution < 1.29 is 9.72 Å². The number of amides is 1. The number of nitrogens with zero attached hydrogens (tertiary/aromatic N) is 4. The van der Waals surface area contributed by atoms with Crippen molar-refractivity contribution in [2.75, 3.05) is 5.75 Å². The van der Waals surface area contributed by atoms with E-state index in [0.29, 0.717) is 27.3 Å². The molecule has 0 aliphatic carbocycles. The number of nitro groups is 1. The number of non-ortho nitro benzene ring substituents is 1. The summed E-state index contributed by atoms with van der Waals surface area (Å²) >= 11 is 1.13. The van der Waals surface area contributed by atoms with Crippen LogP contribution in [-0.4, -0.2) is 32.3 Å². The largest absolute Gasteiger partial charge is 0.272 e. The molecule has 0 aliphatic heterocycles. The zero-order valence-corrected chi connectivity index (χ0v) is 18.9. The van der Waals surface area contributed by atoms with Gasteiger partial charge in [-0.3, -0.25) is 24.3 Å². The minimum Gasteiger partial charge on any atom is -0.272 e. The number of nitrogens with one attached hydrogen (secondary N) is 1. The number of fused-ring (bicyclic) bond motifs is 1. The van der Waals surface area contributed by atoms with Gasteiger partial charge in [-0.1, -0.05) is 41.6 Å². The number of aryl methyl sites for hydroxylation is 1. The maximum Gasteiger partial charge on any atom is 0.269 e. The predicted octanol–water partition coefficient (Wildman–Crippen LogP) is 3.84. The predicted molar refractivity (Wildman–Crippen MR) is 132 cm³/mol. The van der Waals surface area contributed by atoms with E-state index in [9.17, 15) is 19.7 Å². The summed E-state index contributed by atoms with van der Waals surface area (Å²) in [7, 11) is 0. The van der Waals surface area contributed by atoms with Crippen LogP contribution in [0.3, 0.4) is 0 Å². The van der Waals surface area contributed by atoms with Gasteiger partial charge in [0, 0.05) is 12.1 Å². The maximum absolute atomic E-state index is 13.3. The maximum atomic E-state index is 13.3. The van der Waals surface area contributed by atoms with Crippen LogP contribution in [0, 0.1) is 17.0 Å². The summed E-state index contributed by atoms with van der Waals surface area (Å²) in [6.45, 7) is 1.91. The molecule has 0 atom stereocenters. The number of para-hydroxylation sites is 1. The van der Waals surface area contributed by atoms with Crippen molar-refractivity contribution in [2.45, 2.75) is 12.1 Å². The number of rotatable bonds is 7. The number of hydrazone groups is 1. The SMILES string of the molecule is Cc1ccc2nc(SCC(=O)N/N=C/c3ccc([N+](=O)[O-])cc3)n(-c3ccccc3)c(=O)c2c1. The van der Waals surface area contributed by atoms with Crippen LogP contribution in [0.5, 0.6) is 0 Å². The zero-order chi connectivity index (χ0) is 24.1. The Hall–Kier alpha value is -4.31. The molecule has 0 spiro atoms. The molecule has 0 radical (unpaired) electrons. The molecule has 0 saturated carbocycles. The highest BCUT2D eigenvalue weighted by Crippen LogP contribution is 2.21. The van der Waals surface area contributed by atoms with Gasteiger partial charge in [0.15, 0.2) is 5.16 Å². The van der Waals surface area contributed by atoms with E-state index in [2.05, 4.69) is 15.5 Å². The fraction of sp³-hybridized carbons (Fsp3) is 0.0833. The number of thioether (sulfide) groups is 1. The summed E-state index contributed by atoms with van der Waals surface area (Å²) in [6.07, 6.45) is 1.39. The van der Waals surface area contributed by atoms with Crippen molar-refractivity contribution in [1.82, 2.24) is 15.0 Å². The van der Waals surface area contributed by atoms with Crippen molar-refractivity contribution in [3.05, 3.63) is 104 Å². The highest BCUT2D eigenvalue weighted by atomic mass is 32.2. The first-order valence-electron chi connectivity index (χ1n) is 10.2. The van der Waals surface area contributed by atoms with E-state index in [1.54, 1.807) is 12.1 Å². The van der Waals surface area contributed by atoms with Gasteiger partial charge in [0.2, 0.25) is 0 Å². The van der Waals surface area contributed by atoms with Crippen LogP contribution in [0.25, 0.3) is 16.6 Å². The molecule has 0 bridgehead atoms. The monoisotopic (exact) mass is 473 g/mol. The quantitative estimate of drug-likeness (QED) is 0.143. The summed E-state index contributed by atoms with van der Waals surface area (Å²) in [6, 6.07) is 20.4. The Labute approximate surface area is 198 Å². The van der Waals surface area contributed by atoms with Gasteiger partial charge < -0.3 is 0 Å². The van der Waals surface area contributed by atoms with E-state index < -0.39 is 4.92 Å². The molecule has 1 amide bonds. The number of benzene rings is 3. The molecule has 1 heterocycles. The summed E-state index contributed by atoms with van der Waals surface area (Å²) in [4.78, 5) is 40.5. The topological polar surface area (TPSA) is 119 Å². The third-order valence-corrected chi connectivity index (χ3v) is 5.79. The van der Waals surface area contributed by atoms with Crippen molar-refractivity contribution in [1.29, 1.82) is 0 Å². The Morgan fingerprint density at radius 1 is 1.15 bits per heavy atom. The van der Waals surface area contributed by atoms with Crippen molar-refractivity contribution in [3.8, 4) is 5.69 Å². The molecule has 0 saturated heterocycles. The van der Waals surface area contributed by atoms with E-state index >= 15 is 0 Å². The van der Waals surface area contributed by atoms with Crippen LogP contribution in [-0.2, 0) is 4.79 Å². The summed E-state index contributed by atoms with van der Waals surface area (Å²) in [5.74, 6) is -0.408. The van der Waals surface area contributed by atoms with Crippen molar-refractivity contribution >= 4 is 40.5 Å². The average Bonchev–Trinajstić information content (AvgIpc) is 2.84. The second-order valence-electron chi connectivity index (χ2n) is 7.32. The molecule has 3 aromatic carbocycles. The first-order chi connectivity index (χ1) is 16.4. The van der Waals surface area contributed by atoms with E-state index in [1.807, 2.05) is 43.3 Å². The van der Waals surface area contributed by atoms with Gasteiger partial charge in [-0.05, 0) is 48.9 Å². The van der Waals surface area contributed by atoms with Gasteiger partial charge in [0.1, 0.15) is 0 Å². The Morgan fingerprint density at radius 2 is 1.88 bits per heavy atom. The highest BCUT2D eigenvalue weighted by molar-refractivity contribution is 7.99. The van der Waals surface area contributed by atoms with Gasteiger partial charge in [0.05, 0.1) is 33.5 Å². The Bertz CT molecular complexity index is 1450. The van der Waals surface area contributed by atoms with Crippen molar-refractivity contribution in [3.63, 3.8) is 0 Å². The van der Waals surface area contributed by atoms with Crippen LogP contribution in [0.2, 0.25) is 0 Å². The molecule has 1 N–H and O–H groups in total. The molecule has 4 rings (SSSR count). The van der Waals surface area contributed by atoms with Gasteiger partial charge in [0.25, 0.3) is 17.2 Å². The second kappa shape index (κ2) is 10.1. The van der Waals surface area contributed by atoms with Crippen LogP contribution in [0.1, 0.15) is 11.1 Å². The summed E-state index contributed by atoms with van der Waals surface area (Å²) < 4.78 is 1.50. The van der Waals surface area contributed by atoms with Gasteiger partial charge in [-0.25, -0.2) is 10.4 Å². The third-order valence-electron chi connectivity index (χ3n) is 4.85. The number of hydrogen-bond acceptors (Lipinski definition) is 7. The number of carbonyl (C=O) groups is 1. The lowest BCUT2D eigenvalue weighted by atomic mass is 10.1.